The first-order valence-corrected chi connectivity index (χ1v) is 6.94. The molecule has 3 heteroatoms. The molecule has 2 aliphatic rings. The van der Waals surface area contributed by atoms with Gasteiger partial charge in [-0.1, -0.05) is 26.2 Å². The lowest BCUT2D eigenvalue weighted by Crippen LogP contribution is -2.46. The van der Waals surface area contributed by atoms with Crippen molar-refractivity contribution in [1.82, 2.24) is 4.90 Å². The van der Waals surface area contributed by atoms with Crippen LogP contribution in [0, 0.1) is 29.1 Å². The summed E-state index contributed by atoms with van der Waals surface area (Å²) in [5.74, 6) is 1.20. The van der Waals surface area contributed by atoms with E-state index in [9.17, 15) is 4.79 Å². The fourth-order valence-corrected chi connectivity index (χ4v) is 3.34. The van der Waals surface area contributed by atoms with Gasteiger partial charge in [0.05, 0.1) is 6.07 Å². The van der Waals surface area contributed by atoms with Crippen LogP contribution < -0.4 is 0 Å². The Hall–Kier alpha value is -1.04. The van der Waals surface area contributed by atoms with Crippen molar-refractivity contribution in [2.45, 2.75) is 45.4 Å². The summed E-state index contributed by atoms with van der Waals surface area (Å²) in [5.41, 5.74) is 0. The fraction of sp³-hybridized carbons (Fsp3) is 0.857. The highest BCUT2D eigenvalue weighted by molar-refractivity contribution is 5.81. The molecule has 0 aromatic heterocycles. The number of nitriles is 1. The number of rotatable bonds is 2. The van der Waals surface area contributed by atoms with Crippen LogP contribution in [0.4, 0.5) is 0 Å². The highest BCUT2D eigenvalue weighted by atomic mass is 16.2. The standard InChI is InChI=1S/C14H22N2O/c1-2-11(9-15)14(17)16-8-7-12-5-3-4-6-13(12)10-16/h11-13H,2-8,10H2,1H3. The van der Waals surface area contributed by atoms with E-state index < -0.39 is 5.92 Å². The van der Waals surface area contributed by atoms with Crippen molar-refractivity contribution in [3.63, 3.8) is 0 Å². The maximum absolute atomic E-state index is 12.1. The van der Waals surface area contributed by atoms with Crippen LogP contribution in [0.25, 0.3) is 0 Å². The predicted molar refractivity (Wildman–Crippen MR) is 66.0 cm³/mol. The average Bonchev–Trinajstić information content (AvgIpc) is 2.39. The zero-order chi connectivity index (χ0) is 12.3. The lowest BCUT2D eigenvalue weighted by molar-refractivity contribution is -0.137. The van der Waals surface area contributed by atoms with Gasteiger partial charge in [-0.25, -0.2) is 0 Å². The summed E-state index contributed by atoms with van der Waals surface area (Å²) in [4.78, 5) is 14.1. The molecule has 1 heterocycles. The molecule has 2 fully saturated rings. The van der Waals surface area contributed by atoms with Crippen LogP contribution in [0.3, 0.4) is 0 Å². The second-order valence-electron chi connectivity index (χ2n) is 5.47. The monoisotopic (exact) mass is 234 g/mol. The van der Waals surface area contributed by atoms with Crippen LogP contribution in [0.1, 0.15) is 45.4 Å². The molecule has 94 valence electrons. The zero-order valence-corrected chi connectivity index (χ0v) is 10.7. The number of nitrogens with zero attached hydrogens (tertiary/aromatic N) is 2. The Morgan fingerprint density at radius 2 is 2.06 bits per heavy atom. The van der Waals surface area contributed by atoms with Crippen molar-refractivity contribution in [1.29, 1.82) is 5.26 Å². The molecule has 2 rings (SSSR count). The van der Waals surface area contributed by atoms with Gasteiger partial charge in [0, 0.05) is 13.1 Å². The number of fused-ring (bicyclic) bond motifs is 1. The van der Waals surface area contributed by atoms with Crippen LogP contribution >= 0.6 is 0 Å². The molecule has 1 aliphatic heterocycles. The number of piperidine rings is 1. The second kappa shape index (κ2) is 5.53. The Balaban J connectivity index is 1.95. The van der Waals surface area contributed by atoms with Gasteiger partial charge in [0.1, 0.15) is 5.92 Å². The second-order valence-corrected chi connectivity index (χ2v) is 5.47. The van der Waals surface area contributed by atoms with Gasteiger partial charge in [-0.15, -0.1) is 0 Å². The minimum Gasteiger partial charge on any atom is -0.341 e. The first kappa shape index (κ1) is 12.4. The SMILES string of the molecule is CCC(C#N)C(=O)N1CCC2CCCCC2C1. The van der Waals surface area contributed by atoms with Gasteiger partial charge in [-0.3, -0.25) is 4.79 Å². The molecule has 1 saturated heterocycles. The number of carbonyl (C=O) groups excluding carboxylic acids is 1. The smallest absolute Gasteiger partial charge is 0.239 e. The third kappa shape index (κ3) is 2.62. The summed E-state index contributed by atoms with van der Waals surface area (Å²) in [6.45, 7) is 3.69. The van der Waals surface area contributed by atoms with Crippen LogP contribution in [0.5, 0.6) is 0 Å². The van der Waals surface area contributed by atoms with E-state index in [2.05, 4.69) is 6.07 Å². The Bertz CT molecular complexity index is 321. The zero-order valence-electron chi connectivity index (χ0n) is 10.7. The van der Waals surface area contributed by atoms with Gasteiger partial charge in [-0.2, -0.15) is 5.26 Å². The molecule has 0 bridgehead atoms. The third-order valence-corrected chi connectivity index (χ3v) is 4.47. The summed E-state index contributed by atoms with van der Waals surface area (Å²) in [6, 6.07) is 2.13. The number of amides is 1. The molecular weight excluding hydrogens is 212 g/mol. The molecule has 3 unspecified atom stereocenters. The van der Waals surface area contributed by atoms with E-state index in [-0.39, 0.29) is 5.91 Å². The Morgan fingerprint density at radius 1 is 1.35 bits per heavy atom. The van der Waals surface area contributed by atoms with Crippen molar-refractivity contribution in [3.8, 4) is 6.07 Å². The number of likely N-dealkylation sites (tertiary alicyclic amines) is 1. The number of carbonyl (C=O) groups is 1. The molecule has 0 N–H and O–H groups in total. The van der Waals surface area contributed by atoms with Crippen LogP contribution in [-0.2, 0) is 4.79 Å². The van der Waals surface area contributed by atoms with Crippen molar-refractivity contribution in [2.24, 2.45) is 17.8 Å². The summed E-state index contributed by atoms with van der Waals surface area (Å²) >= 11 is 0. The molecule has 1 aliphatic carbocycles. The molecular formula is C14H22N2O. The fourth-order valence-electron chi connectivity index (χ4n) is 3.34. The van der Waals surface area contributed by atoms with Gasteiger partial charge in [-0.05, 0) is 31.1 Å². The van der Waals surface area contributed by atoms with E-state index in [1.54, 1.807) is 0 Å². The van der Waals surface area contributed by atoms with E-state index in [1.807, 2.05) is 11.8 Å². The van der Waals surface area contributed by atoms with Crippen molar-refractivity contribution in [3.05, 3.63) is 0 Å². The van der Waals surface area contributed by atoms with Crippen LogP contribution in [-0.4, -0.2) is 23.9 Å². The van der Waals surface area contributed by atoms with E-state index in [4.69, 9.17) is 5.26 Å². The normalized spacial score (nSPS) is 30.2. The van der Waals surface area contributed by atoms with Gasteiger partial charge < -0.3 is 4.90 Å². The Kier molecular flexibility index (Phi) is 4.04. The molecule has 3 atom stereocenters. The first-order chi connectivity index (χ1) is 8.26. The summed E-state index contributed by atoms with van der Waals surface area (Å²) < 4.78 is 0. The van der Waals surface area contributed by atoms with E-state index in [0.29, 0.717) is 12.3 Å². The lowest BCUT2D eigenvalue weighted by Gasteiger charge is -2.41. The molecule has 1 saturated carbocycles. The number of hydrogen-bond acceptors (Lipinski definition) is 2. The van der Waals surface area contributed by atoms with Gasteiger partial charge in [0.15, 0.2) is 0 Å². The summed E-state index contributed by atoms with van der Waals surface area (Å²) in [6.07, 6.45) is 7.10. The van der Waals surface area contributed by atoms with E-state index >= 15 is 0 Å². The maximum atomic E-state index is 12.1. The molecule has 3 nitrogen and oxygen atoms in total. The van der Waals surface area contributed by atoms with Crippen molar-refractivity contribution >= 4 is 5.91 Å². The quantitative estimate of drug-likeness (QED) is 0.737. The lowest BCUT2D eigenvalue weighted by atomic mass is 9.75. The van der Waals surface area contributed by atoms with Gasteiger partial charge in [0.25, 0.3) is 0 Å². The Morgan fingerprint density at radius 3 is 2.71 bits per heavy atom. The highest BCUT2D eigenvalue weighted by Gasteiger charge is 2.34. The average molecular weight is 234 g/mol. The molecule has 17 heavy (non-hydrogen) atoms. The van der Waals surface area contributed by atoms with Crippen LogP contribution in [0.2, 0.25) is 0 Å². The first-order valence-electron chi connectivity index (χ1n) is 6.94. The maximum Gasteiger partial charge on any atom is 0.239 e. The topological polar surface area (TPSA) is 44.1 Å². The largest absolute Gasteiger partial charge is 0.341 e. The van der Waals surface area contributed by atoms with Crippen molar-refractivity contribution < 1.29 is 4.79 Å². The molecule has 0 spiro atoms. The molecule has 1 amide bonds. The summed E-state index contributed by atoms with van der Waals surface area (Å²) in [7, 11) is 0. The summed E-state index contributed by atoms with van der Waals surface area (Å²) in [5, 5.41) is 8.96. The molecule has 0 radical (unpaired) electrons. The van der Waals surface area contributed by atoms with E-state index in [0.717, 1.165) is 25.4 Å². The minimum absolute atomic E-state index is 0.0685. The molecule has 0 aromatic rings. The van der Waals surface area contributed by atoms with Gasteiger partial charge in [0.2, 0.25) is 5.91 Å². The predicted octanol–water partition coefficient (Wildman–Crippen LogP) is 2.57. The highest BCUT2D eigenvalue weighted by Crippen LogP contribution is 2.36. The third-order valence-electron chi connectivity index (χ3n) is 4.47. The minimum atomic E-state index is -0.421. The van der Waals surface area contributed by atoms with Crippen LogP contribution in [0.15, 0.2) is 0 Å². The molecule has 0 aromatic carbocycles. The number of hydrogen-bond donors (Lipinski definition) is 0. The Labute approximate surface area is 104 Å². The van der Waals surface area contributed by atoms with E-state index in [1.165, 1.54) is 25.7 Å². The van der Waals surface area contributed by atoms with Crippen molar-refractivity contribution in [2.75, 3.05) is 13.1 Å². The van der Waals surface area contributed by atoms with Gasteiger partial charge >= 0.3 is 0 Å².